The van der Waals surface area contributed by atoms with E-state index in [4.69, 9.17) is 21.2 Å². The second-order valence-electron chi connectivity index (χ2n) is 17.7. The summed E-state index contributed by atoms with van der Waals surface area (Å²) in [5, 5.41) is 48.6. The number of nitriles is 1. The number of nitrogen functional groups attached to an aromatic ring is 2. The van der Waals surface area contributed by atoms with Crippen LogP contribution in [0.25, 0.3) is 67.5 Å². The predicted molar refractivity (Wildman–Crippen MR) is 254 cm³/mol. The molecule has 2 aromatic carbocycles. The van der Waals surface area contributed by atoms with Crippen molar-refractivity contribution in [3.05, 3.63) is 131 Å². The van der Waals surface area contributed by atoms with Crippen molar-refractivity contribution in [1.29, 1.82) is 5.26 Å². The van der Waals surface area contributed by atoms with Gasteiger partial charge in [-0.05, 0) is 88.7 Å². The van der Waals surface area contributed by atoms with Crippen molar-refractivity contribution < 1.29 is 28.1 Å². The summed E-state index contributed by atoms with van der Waals surface area (Å²) in [4.78, 5) is 31.6. The highest BCUT2D eigenvalue weighted by molar-refractivity contribution is 5.96. The van der Waals surface area contributed by atoms with E-state index in [1.807, 2.05) is 6.07 Å². The van der Waals surface area contributed by atoms with Gasteiger partial charge in [-0.15, -0.1) is 10.2 Å². The molecule has 0 aliphatic carbocycles. The molecule has 0 amide bonds. The number of hydrogen-bond acceptors (Lipinski definition) is 17. The van der Waals surface area contributed by atoms with E-state index >= 15 is 0 Å². The highest BCUT2D eigenvalue weighted by atomic mass is 19.4. The average Bonchev–Trinajstić information content (AvgIpc) is 3.99. The number of alkyl halides is 3. The van der Waals surface area contributed by atoms with Crippen molar-refractivity contribution in [3.63, 3.8) is 0 Å². The number of aromatic nitrogens is 13. The van der Waals surface area contributed by atoms with Crippen molar-refractivity contribution >= 4 is 22.8 Å². The number of hydrogen-bond donors (Lipinski definition) is 4. The van der Waals surface area contributed by atoms with Gasteiger partial charge < -0.3 is 26.4 Å². The largest absolute Gasteiger partial charge is 0.483 e. The molecule has 0 atom stereocenters. The van der Waals surface area contributed by atoms with E-state index < -0.39 is 24.0 Å². The molecule has 7 heterocycles. The molecule has 71 heavy (non-hydrogen) atoms. The van der Waals surface area contributed by atoms with Gasteiger partial charge in [0.15, 0.2) is 6.61 Å². The number of nitrogens with two attached hydrogens (primary N) is 2. The van der Waals surface area contributed by atoms with Gasteiger partial charge in [0.1, 0.15) is 34.4 Å². The van der Waals surface area contributed by atoms with Gasteiger partial charge in [-0.1, -0.05) is 40.8 Å². The Labute approximate surface area is 402 Å². The smallest absolute Gasteiger partial charge is 0.422 e. The normalized spacial score (nSPS) is 12.1. The lowest BCUT2D eigenvalue weighted by atomic mass is 9.95. The fourth-order valence-corrected chi connectivity index (χ4v) is 7.75. The van der Waals surface area contributed by atoms with Crippen LogP contribution in [0.1, 0.15) is 61.6 Å². The van der Waals surface area contributed by atoms with E-state index in [0.29, 0.717) is 67.8 Å². The molecule has 6 N–H and O–H groups in total. The van der Waals surface area contributed by atoms with Crippen molar-refractivity contribution in [2.24, 2.45) is 0 Å². The lowest BCUT2D eigenvalue weighted by Gasteiger charge is -2.17. The number of halogens is 3. The molecule has 19 nitrogen and oxygen atoms in total. The molecular weight excluding hydrogens is 918 g/mol. The lowest BCUT2D eigenvalue weighted by molar-refractivity contribution is -0.153. The number of benzene rings is 2. The van der Waals surface area contributed by atoms with Crippen molar-refractivity contribution in [3.8, 4) is 68.4 Å². The summed E-state index contributed by atoms with van der Waals surface area (Å²) in [6.07, 6.45) is -1.40. The zero-order valence-corrected chi connectivity index (χ0v) is 38.7. The fourth-order valence-electron chi connectivity index (χ4n) is 7.75. The van der Waals surface area contributed by atoms with Gasteiger partial charge in [0.25, 0.3) is 0 Å². The molecule has 0 saturated carbocycles. The van der Waals surface area contributed by atoms with Gasteiger partial charge in [0, 0.05) is 28.1 Å². The first-order valence-corrected chi connectivity index (χ1v) is 21.8. The third-order valence-electron chi connectivity index (χ3n) is 11.2. The molecular formula is C49H43F3N16O3. The first kappa shape index (κ1) is 47.3. The molecule has 7 aromatic heterocycles. The molecule has 0 fully saturated rings. The summed E-state index contributed by atoms with van der Waals surface area (Å²) in [6.45, 7) is 7.23. The SMILES string of the molecule is Cc1c(-c2cc(-c3cn(Cc4cccc(C(C)(C)O)n4)nn3)nc(N)n2)cccc1-c1cc(OCC(F)(F)F)c2cc(-c3cc(-c4cn(Cc5cccc(C(C)(C)O)n5)nn4)nc(N)n3)cc(C#N)c2n1. The molecule has 22 heteroatoms. The number of aliphatic hydroxyl groups is 2. The maximum atomic E-state index is 13.8. The molecule has 0 spiro atoms. The highest BCUT2D eigenvalue weighted by Crippen LogP contribution is 2.39. The second-order valence-corrected chi connectivity index (χ2v) is 17.7. The van der Waals surface area contributed by atoms with Crippen molar-refractivity contribution in [2.75, 3.05) is 18.1 Å². The fraction of sp³-hybridized carbons (Fsp3) is 0.224. The van der Waals surface area contributed by atoms with Gasteiger partial charge in [0.05, 0.1) is 87.8 Å². The molecule has 0 aliphatic rings. The number of pyridine rings is 3. The van der Waals surface area contributed by atoms with Crippen LogP contribution in [0.3, 0.4) is 0 Å². The van der Waals surface area contributed by atoms with E-state index in [-0.39, 0.29) is 64.3 Å². The van der Waals surface area contributed by atoms with Crippen LogP contribution in [0, 0.1) is 18.3 Å². The molecule has 0 saturated heterocycles. The zero-order chi connectivity index (χ0) is 50.4. The Morgan fingerprint density at radius 2 is 1.11 bits per heavy atom. The summed E-state index contributed by atoms with van der Waals surface area (Å²) >= 11 is 0. The predicted octanol–water partition coefficient (Wildman–Crippen LogP) is 6.96. The number of anilines is 2. The summed E-state index contributed by atoms with van der Waals surface area (Å²) < 4.78 is 50.1. The lowest BCUT2D eigenvalue weighted by Crippen LogP contribution is -2.19. The van der Waals surface area contributed by atoms with Gasteiger partial charge in [0.2, 0.25) is 11.9 Å². The van der Waals surface area contributed by atoms with Crippen molar-refractivity contribution in [2.45, 2.75) is 65.1 Å². The Kier molecular flexibility index (Phi) is 12.2. The van der Waals surface area contributed by atoms with E-state index in [1.54, 1.807) is 112 Å². The van der Waals surface area contributed by atoms with Crippen molar-refractivity contribution in [1.82, 2.24) is 64.9 Å². The molecule has 0 bridgehead atoms. The minimum atomic E-state index is -4.71. The van der Waals surface area contributed by atoms with Crippen LogP contribution in [0.4, 0.5) is 25.1 Å². The van der Waals surface area contributed by atoms with Gasteiger partial charge >= 0.3 is 6.18 Å². The van der Waals surface area contributed by atoms with E-state index in [2.05, 4.69) is 56.6 Å². The quantitative estimate of drug-likeness (QED) is 0.0908. The summed E-state index contributed by atoms with van der Waals surface area (Å²) in [5.41, 5.74) is 16.8. The number of rotatable bonds is 13. The maximum Gasteiger partial charge on any atom is 0.422 e. The Morgan fingerprint density at radius 3 is 1.63 bits per heavy atom. The van der Waals surface area contributed by atoms with Gasteiger partial charge in [-0.25, -0.2) is 34.3 Å². The third kappa shape index (κ3) is 10.5. The Balaban J connectivity index is 1.05. The second kappa shape index (κ2) is 18.3. The number of fused-ring (bicyclic) bond motifs is 1. The first-order valence-electron chi connectivity index (χ1n) is 21.8. The summed E-state index contributed by atoms with van der Waals surface area (Å²) in [5.74, 6) is -0.393. The minimum Gasteiger partial charge on any atom is -0.483 e. The standard InChI is InChI=1S/C49H43F3N16O3/c1-26-31(35-18-38(62-46(55)60-35)40-24-68(66-64-40)22-30-10-7-14-43(57-30)48(4,5)70)11-8-12-32(26)36-19-41(71-25-49(50,51)52)33-16-27(15-28(20-53)44(33)58-36)34-17-37(61-45(54)59-34)39-23-67(65-63-39)21-29-9-6-13-42(56-29)47(2,3)69/h6-19,23-24,69-70H,21-22,25H2,1-5H3,(H2,54,59,61)(H2,55,60,62). The molecule has 358 valence electrons. The minimum absolute atomic E-state index is 0.0115. The molecule has 0 unspecified atom stereocenters. The third-order valence-corrected chi connectivity index (χ3v) is 11.2. The van der Waals surface area contributed by atoms with Gasteiger partial charge in [-0.2, -0.15) is 18.4 Å². The topological polar surface area (TPSA) is 277 Å². The van der Waals surface area contributed by atoms with Crippen LogP contribution < -0.4 is 16.2 Å². The number of ether oxygens (including phenoxy) is 1. The Morgan fingerprint density at radius 1 is 0.620 bits per heavy atom. The summed E-state index contributed by atoms with van der Waals surface area (Å²) in [7, 11) is 0. The van der Waals surface area contributed by atoms with Crippen LogP contribution in [-0.4, -0.2) is 87.9 Å². The first-order chi connectivity index (χ1) is 33.7. The van der Waals surface area contributed by atoms with Crippen LogP contribution in [0.15, 0.2) is 97.3 Å². The van der Waals surface area contributed by atoms with Crippen LogP contribution in [0.2, 0.25) is 0 Å². The average molecular weight is 961 g/mol. The molecule has 0 radical (unpaired) electrons. The monoisotopic (exact) mass is 960 g/mol. The zero-order valence-electron chi connectivity index (χ0n) is 38.7. The van der Waals surface area contributed by atoms with Crippen LogP contribution in [0.5, 0.6) is 5.75 Å². The van der Waals surface area contributed by atoms with Gasteiger partial charge in [-0.3, -0.25) is 9.97 Å². The molecule has 0 aliphatic heterocycles. The Bertz CT molecular complexity index is 3540. The summed E-state index contributed by atoms with van der Waals surface area (Å²) in [6, 6.07) is 25.7. The van der Waals surface area contributed by atoms with Crippen LogP contribution >= 0.6 is 0 Å². The molecule has 9 rings (SSSR count). The Hall–Kier alpha value is -8.81. The number of nitrogens with zero attached hydrogens (tertiary/aromatic N) is 14. The molecule has 9 aromatic rings. The van der Waals surface area contributed by atoms with E-state index in [0.717, 1.165) is 0 Å². The highest BCUT2D eigenvalue weighted by Gasteiger charge is 2.30. The van der Waals surface area contributed by atoms with E-state index in [9.17, 15) is 28.6 Å². The maximum absolute atomic E-state index is 13.8. The van der Waals surface area contributed by atoms with E-state index in [1.165, 1.54) is 22.9 Å². The van der Waals surface area contributed by atoms with Crippen LogP contribution in [-0.2, 0) is 24.3 Å².